The monoisotopic (exact) mass is 280 g/mol. The minimum absolute atomic E-state index is 0.387. The Bertz CT molecular complexity index is 465. The van der Waals surface area contributed by atoms with Crippen LogP contribution in [0.3, 0.4) is 0 Å². The highest BCUT2D eigenvalue weighted by Gasteiger charge is 2.24. The maximum atomic E-state index is 11.5. The summed E-state index contributed by atoms with van der Waals surface area (Å²) in [7, 11) is 2.76. The Labute approximate surface area is 118 Å². The maximum Gasteiger partial charge on any atom is 0.339 e. The van der Waals surface area contributed by atoms with E-state index in [-0.39, 0.29) is 0 Å². The third-order valence-corrected chi connectivity index (χ3v) is 3.67. The van der Waals surface area contributed by atoms with Crippen LogP contribution >= 0.6 is 0 Å². The largest absolute Gasteiger partial charge is 0.496 e. The van der Waals surface area contributed by atoms with Gasteiger partial charge in [-0.3, -0.25) is 0 Å². The molecule has 1 aliphatic rings. The average molecular weight is 280 g/mol. The lowest BCUT2D eigenvalue weighted by molar-refractivity contribution is -0.150. The zero-order valence-corrected chi connectivity index (χ0v) is 11.8. The third kappa shape index (κ3) is 3.11. The molecule has 0 aromatic heterocycles. The van der Waals surface area contributed by atoms with E-state index in [1.54, 1.807) is 6.07 Å². The number of ether oxygens (including phenoxy) is 3. The second-order valence-electron chi connectivity index (χ2n) is 4.81. The molecule has 1 saturated heterocycles. The molecule has 1 aliphatic heterocycles. The van der Waals surface area contributed by atoms with Crippen LogP contribution in [0.4, 0.5) is 0 Å². The van der Waals surface area contributed by atoms with E-state index in [0.717, 1.165) is 31.6 Å². The molecule has 1 atom stereocenters. The van der Waals surface area contributed by atoms with Crippen molar-refractivity contribution in [2.45, 2.75) is 24.9 Å². The zero-order chi connectivity index (χ0) is 14.5. The molecule has 0 saturated carbocycles. The van der Waals surface area contributed by atoms with Crippen molar-refractivity contribution in [1.29, 1.82) is 0 Å². The predicted octanol–water partition coefficient (Wildman–Crippen LogP) is 1.80. The highest BCUT2D eigenvalue weighted by molar-refractivity contribution is 5.77. The molecule has 5 nitrogen and oxygen atoms in total. The summed E-state index contributed by atoms with van der Waals surface area (Å²) in [5, 5.41) is 10.0. The van der Waals surface area contributed by atoms with Gasteiger partial charge >= 0.3 is 5.97 Å². The first kappa shape index (κ1) is 14.8. The second-order valence-corrected chi connectivity index (χ2v) is 4.81. The van der Waals surface area contributed by atoms with Crippen LogP contribution in [0.5, 0.6) is 5.75 Å². The molecule has 1 N–H and O–H groups in total. The number of hydrogen-bond donors (Lipinski definition) is 1. The van der Waals surface area contributed by atoms with Crippen LogP contribution in [-0.2, 0) is 14.3 Å². The molecular weight excluding hydrogens is 260 g/mol. The minimum Gasteiger partial charge on any atom is -0.496 e. The SMILES string of the molecule is COC(=O)C(O)c1cc(C2CCOCC2)ccc1OC. The second kappa shape index (κ2) is 6.72. The van der Waals surface area contributed by atoms with Crippen molar-refractivity contribution in [3.63, 3.8) is 0 Å². The van der Waals surface area contributed by atoms with Crippen molar-refractivity contribution in [1.82, 2.24) is 0 Å². The van der Waals surface area contributed by atoms with Gasteiger partial charge in [0, 0.05) is 18.8 Å². The Balaban J connectivity index is 2.30. The van der Waals surface area contributed by atoms with Gasteiger partial charge in [-0.1, -0.05) is 6.07 Å². The number of esters is 1. The van der Waals surface area contributed by atoms with Crippen molar-refractivity contribution in [3.05, 3.63) is 29.3 Å². The number of methoxy groups -OCH3 is 2. The van der Waals surface area contributed by atoms with Gasteiger partial charge in [0.05, 0.1) is 14.2 Å². The predicted molar refractivity (Wildman–Crippen MR) is 72.8 cm³/mol. The first-order valence-corrected chi connectivity index (χ1v) is 6.68. The molecule has 2 rings (SSSR count). The van der Waals surface area contributed by atoms with E-state index < -0.39 is 12.1 Å². The van der Waals surface area contributed by atoms with Crippen LogP contribution in [-0.4, -0.2) is 38.5 Å². The summed E-state index contributed by atoms with van der Waals surface area (Å²) in [5.74, 6) is 0.185. The average Bonchev–Trinajstić information content (AvgIpc) is 2.53. The van der Waals surface area contributed by atoms with E-state index in [4.69, 9.17) is 9.47 Å². The summed E-state index contributed by atoms with van der Waals surface area (Å²) in [4.78, 5) is 11.5. The van der Waals surface area contributed by atoms with Gasteiger partial charge in [0.2, 0.25) is 0 Å². The summed E-state index contributed by atoms with van der Waals surface area (Å²) < 4.78 is 15.1. The Morgan fingerprint density at radius 1 is 1.35 bits per heavy atom. The van der Waals surface area contributed by atoms with Crippen LogP contribution in [0.1, 0.15) is 36.0 Å². The van der Waals surface area contributed by atoms with Gasteiger partial charge in [0.25, 0.3) is 0 Å². The lowest BCUT2D eigenvalue weighted by atomic mass is 9.89. The van der Waals surface area contributed by atoms with Gasteiger partial charge in [0.15, 0.2) is 6.10 Å². The standard InChI is InChI=1S/C15H20O5/c1-18-13-4-3-11(10-5-7-20-8-6-10)9-12(13)14(16)15(17)19-2/h3-4,9-10,14,16H,5-8H2,1-2H3. The van der Waals surface area contributed by atoms with Crippen LogP contribution in [0.25, 0.3) is 0 Å². The van der Waals surface area contributed by atoms with Gasteiger partial charge < -0.3 is 19.3 Å². The molecule has 0 radical (unpaired) electrons. The summed E-state index contributed by atoms with van der Waals surface area (Å²) in [5.41, 5.74) is 1.54. The van der Waals surface area contributed by atoms with Crippen molar-refractivity contribution < 1.29 is 24.1 Å². The van der Waals surface area contributed by atoms with Crippen molar-refractivity contribution >= 4 is 5.97 Å². The molecular formula is C15H20O5. The molecule has 1 aromatic rings. The summed E-state index contributed by atoms with van der Waals surface area (Å²) in [6, 6.07) is 5.59. The van der Waals surface area contributed by atoms with E-state index in [1.807, 2.05) is 12.1 Å². The maximum absolute atomic E-state index is 11.5. The molecule has 1 unspecified atom stereocenters. The Kier molecular flexibility index (Phi) is 4.98. The van der Waals surface area contributed by atoms with E-state index in [2.05, 4.69) is 4.74 Å². The zero-order valence-electron chi connectivity index (χ0n) is 11.8. The summed E-state index contributed by atoms with van der Waals surface area (Å²) >= 11 is 0. The van der Waals surface area contributed by atoms with Gasteiger partial charge in [-0.25, -0.2) is 4.79 Å². The topological polar surface area (TPSA) is 65.0 Å². The van der Waals surface area contributed by atoms with Crippen molar-refractivity contribution in [2.24, 2.45) is 0 Å². The highest BCUT2D eigenvalue weighted by atomic mass is 16.5. The van der Waals surface area contributed by atoms with E-state index in [0.29, 0.717) is 17.2 Å². The van der Waals surface area contributed by atoms with Crippen molar-refractivity contribution in [2.75, 3.05) is 27.4 Å². The molecule has 0 bridgehead atoms. The normalized spacial score (nSPS) is 17.6. The quantitative estimate of drug-likeness (QED) is 0.852. The molecule has 0 aliphatic carbocycles. The number of benzene rings is 1. The smallest absolute Gasteiger partial charge is 0.339 e. The highest BCUT2D eigenvalue weighted by Crippen LogP contribution is 2.33. The summed E-state index contributed by atoms with van der Waals surface area (Å²) in [6.07, 6.45) is 0.565. The Morgan fingerprint density at radius 2 is 2.05 bits per heavy atom. The number of aliphatic hydroxyl groups is 1. The molecule has 1 aromatic carbocycles. The number of rotatable bonds is 4. The molecule has 110 valence electrons. The first-order chi connectivity index (χ1) is 9.67. The fourth-order valence-corrected chi connectivity index (χ4v) is 2.49. The molecule has 0 spiro atoms. The van der Waals surface area contributed by atoms with Gasteiger partial charge in [-0.15, -0.1) is 0 Å². The lowest BCUT2D eigenvalue weighted by Gasteiger charge is -2.24. The van der Waals surface area contributed by atoms with Crippen LogP contribution < -0.4 is 4.74 Å². The van der Waals surface area contributed by atoms with Gasteiger partial charge in [-0.05, 0) is 36.5 Å². The Morgan fingerprint density at radius 3 is 2.65 bits per heavy atom. The molecule has 0 amide bonds. The van der Waals surface area contributed by atoms with E-state index >= 15 is 0 Å². The Hall–Kier alpha value is -1.59. The number of hydrogen-bond acceptors (Lipinski definition) is 5. The van der Waals surface area contributed by atoms with Crippen LogP contribution in [0.15, 0.2) is 18.2 Å². The summed E-state index contributed by atoms with van der Waals surface area (Å²) in [6.45, 7) is 1.48. The first-order valence-electron chi connectivity index (χ1n) is 6.68. The fourth-order valence-electron chi connectivity index (χ4n) is 2.49. The van der Waals surface area contributed by atoms with E-state index in [9.17, 15) is 9.90 Å². The van der Waals surface area contributed by atoms with Gasteiger partial charge in [-0.2, -0.15) is 0 Å². The number of carbonyl (C=O) groups is 1. The molecule has 20 heavy (non-hydrogen) atoms. The third-order valence-electron chi connectivity index (χ3n) is 3.67. The van der Waals surface area contributed by atoms with Crippen LogP contribution in [0, 0.1) is 0 Å². The molecule has 1 heterocycles. The lowest BCUT2D eigenvalue weighted by Crippen LogP contribution is -2.17. The number of aliphatic hydroxyl groups excluding tert-OH is 1. The molecule has 5 heteroatoms. The van der Waals surface area contributed by atoms with Crippen LogP contribution in [0.2, 0.25) is 0 Å². The van der Waals surface area contributed by atoms with Crippen molar-refractivity contribution in [3.8, 4) is 5.75 Å². The number of carbonyl (C=O) groups excluding carboxylic acids is 1. The van der Waals surface area contributed by atoms with E-state index in [1.165, 1.54) is 14.2 Å². The molecule has 1 fully saturated rings. The fraction of sp³-hybridized carbons (Fsp3) is 0.533. The van der Waals surface area contributed by atoms with Gasteiger partial charge in [0.1, 0.15) is 5.75 Å². The minimum atomic E-state index is -1.32.